The van der Waals surface area contributed by atoms with Crippen molar-refractivity contribution in [3.8, 4) is 0 Å². The Balaban J connectivity index is 1.55. The van der Waals surface area contributed by atoms with Crippen molar-refractivity contribution in [2.45, 2.75) is 19.0 Å². The molecule has 0 spiro atoms. The Morgan fingerprint density at radius 3 is 2.75 bits per heavy atom. The van der Waals surface area contributed by atoms with Crippen LogP contribution in [0.1, 0.15) is 37.7 Å². The third-order valence-corrected chi connectivity index (χ3v) is 5.70. The van der Waals surface area contributed by atoms with Crippen LogP contribution in [0.4, 0.5) is 4.79 Å². The molecule has 4 heterocycles. The molecule has 162 valence electrons. The van der Waals surface area contributed by atoms with Crippen LogP contribution < -0.4 is 10.6 Å². The Morgan fingerprint density at radius 1 is 1.22 bits per heavy atom. The minimum Gasteiger partial charge on any atom is -0.464 e. The second-order valence-electron chi connectivity index (χ2n) is 7.82. The quantitative estimate of drug-likeness (QED) is 0.471. The van der Waals surface area contributed by atoms with Gasteiger partial charge in [0.05, 0.1) is 13.7 Å². The number of carbonyl (C=O) groups excluding carboxylic acids is 4. The largest absolute Gasteiger partial charge is 0.464 e. The standard InChI is InChI=1S/C22H18N4O6/c1-11-3-4-12-9-26(18(27)13(12)7-11)10-22(20(29)24-21(30)25-22)17-8-15-16(32-17)6-5-14(23-15)19(28)31-2/h3-8H,9-10H2,1-2H3,(H2,24,25,29,30)/t22-/m0/s1. The van der Waals surface area contributed by atoms with E-state index in [-0.39, 0.29) is 23.9 Å². The van der Waals surface area contributed by atoms with Crippen molar-refractivity contribution in [1.82, 2.24) is 20.5 Å². The molecule has 10 nitrogen and oxygen atoms in total. The molecule has 4 amide bonds. The molecule has 0 aliphatic carbocycles. The van der Waals surface area contributed by atoms with E-state index >= 15 is 0 Å². The van der Waals surface area contributed by atoms with E-state index in [0.29, 0.717) is 23.2 Å². The van der Waals surface area contributed by atoms with Gasteiger partial charge in [-0.2, -0.15) is 0 Å². The van der Waals surface area contributed by atoms with E-state index in [9.17, 15) is 19.2 Å². The van der Waals surface area contributed by atoms with Crippen molar-refractivity contribution in [3.63, 3.8) is 0 Å². The van der Waals surface area contributed by atoms with Crippen molar-refractivity contribution in [1.29, 1.82) is 0 Å². The number of carbonyl (C=O) groups is 4. The zero-order valence-electron chi connectivity index (χ0n) is 17.2. The van der Waals surface area contributed by atoms with Gasteiger partial charge in [0.1, 0.15) is 17.0 Å². The lowest BCUT2D eigenvalue weighted by atomic mass is 9.95. The summed E-state index contributed by atoms with van der Waals surface area (Å²) in [6.07, 6.45) is 0. The van der Waals surface area contributed by atoms with Gasteiger partial charge < -0.3 is 19.4 Å². The lowest BCUT2D eigenvalue weighted by Crippen LogP contribution is -2.52. The van der Waals surface area contributed by atoms with Crippen molar-refractivity contribution < 1.29 is 28.3 Å². The zero-order valence-corrected chi connectivity index (χ0v) is 17.2. The Morgan fingerprint density at radius 2 is 2.03 bits per heavy atom. The summed E-state index contributed by atoms with van der Waals surface area (Å²) >= 11 is 0. The number of benzene rings is 1. The monoisotopic (exact) mass is 434 g/mol. The number of amides is 4. The van der Waals surface area contributed by atoms with Crippen LogP contribution in [-0.2, 0) is 21.6 Å². The van der Waals surface area contributed by atoms with E-state index in [0.717, 1.165) is 11.1 Å². The van der Waals surface area contributed by atoms with Crippen LogP contribution in [0.2, 0.25) is 0 Å². The molecule has 0 saturated carbocycles. The summed E-state index contributed by atoms with van der Waals surface area (Å²) in [5, 5.41) is 4.85. The lowest BCUT2D eigenvalue weighted by molar-refractivity contribution is -0.125. The zero-order chi connectivity index (χ0) is 22.6. The van der Waals surface area contributed by atoms with Gasteiger partial charge in [-0.1, -0.05) is 17.7 Å². The van der Waals surface area contributed by atoms with Gasteiger partial charge in [-0.25, -0.2) is 14.6 Å². The number of pyridine rings is 1. The number of hydrogen-bond acceptors (Lipinski definition) is 7. The van der Waals surface area contributed by atoms with Gasteiger partial charge in [0, 0.05) is 18.2 Å². The summed E-state index contributed by atoms with van der Waals surface area (Å²) in [5.74, 6) is -1.40. The van der Waals surface area contributed by atoms with Crippen LogP contribution >= 0.6 is 0 Å². The highest BCUT2D eigenvalue weighted by Crippen LogP contribution is 2.34. The highest BCUT2D eigenvalue weighted by molar-refractivity contribution is 6.08. The first-order valence-electron chi connectivity index (χ1n) is 9.82. The first kappa shape index (κ1) is 19.7. The second kappa shape index (κ2) is 6.91. The number of aryl methyl sites for hydroxylation is 1. The fraction of sp³-hybridized carbons (Fsp3) is 0.227. The van der Waals surface area contributed by atoms with Crippen molar-refractivity contribution in [2.24, 2.45) is 0 Å². The molecule has 1 saturated heterocycles. The van der Waals surface area contributed by atoms with E-state index < -0.39 is 23.4 Å². The molecule has 2 aliphatic rings. The molecule has 5 rings (SSSR count). The number of methoxy groups -OCH3 is 1. The van der Waals surface area contributed by atoms with Gasteiger partial charge in [0.15, 0.2) is 11.1 Å². The summed E-state index contributed by atoms with van der Waals surface area (Å²) in [6.45, 7) is 2.05. The predicted octanol–water partition coefficient (Wildman–Crippen LogP) is 1.61. The summed E-state index contributed by atoms with van der Waals surface area (Å²) in [7, 11) is 1.25. The summed E-state index contributed by atoms with van der Waals surface area (Å²) < 4.78 is 10.5. The molecule has 0 radical (unpaired) electrons. The maximum Gasteiger partial charge on any atom is 0.356 e. The molecule has 10 heteroatoms. The van der Waals surface area contributed by atoms with Crippen molar-refractivity contribution in [3.05, 3.63) is 64.5 Å². The van der Waals surface area contributed by atoms with Crippen LogP contribution in [0.5, 0.6) is 0 Å². The van der Waals surface area contributed by atoms with Gasteiger partial charge in [-0.05, 0) is 30.7 Å². The third kappa shape index (κ3) is 2.91. The molecule has 0 bridgehead atoms. The number of nitrogens with one attached hydrogen (secondary N) is 2. The molecule has 1 aromatic carbocycles. The number of fused-ring (bicyclic) bond motifs is 2. The Bertz CT molecular complexity index is 1330. The molecular weight excluding hydrogens is 416 g/mol. The summed E-state index contributed by atoms with van der Waals surface area (Å²) in [6, 6.07) is 9.34. The van der Waals surface area contributed by atoms with Gasteiger partial charge >= 0.3 is 12.0 Å². The number of esters is 1. The smallest absolute Gasteiger partial charge is 0.356 e. The number of aromatic nitrogens is 1. The molecular formula is C22H18N4O6. The fourth-order valence-electron chi connectivity index (χ4n) is 4.10. The first-order valence-corrected chi connectivity index (χ1v) is 9.82. The molecule has 1 atom stereocenters. The van der Waals surface area contributed by atoms with Gasteiger partial charge in [0.2, 0.25) is 0 Å². The van der Waals surface area contributed by atoms with E-state index in [1.165, 1.54) is 30.2 Å². The number of imide groups is 1. The first-order chi connectivity index (χ1) is 15.3. The molecule has 3 aromatic rings. The Hall–Kier alpha value is -4.21. The average molecular weight is 434 g/mol. The number of ether oxygens (including phenoxy) is 1. The highest BCUT2D eigenvalue weighted by atomic mass is 16.5. The molecule has 32 heavy (non-hydrogen) atoms. The van der Waals surface area contributed by atoms with Crippen LogP contribution in [0, 0.1) is 6.92 Å². The van der Waals surface area contributed by atoms with Crippen molar-refractivity contribution in [2.75, 3.05) is 13.7 Å². The summed E-state index contributed by atoms with van der Waals surface area (Å²) in [4.78, 5) is 55.5. The molecule has 2 N–H and O–H groups in total. The molecule has 0 unspecified atom stereocenters. The number of rotatable bonds is 4. The number of urea groups is 1. The number of nitrogens with zero attached hydrogens (tertiary/aromatic N) is 2. The van der Waals surface area contributed by atoms with E-state index in [2.05, 4.69) is 20.4 Å². The van der Waals surface area contributed by atoms with Crippen LogP contribution in [0.25, 0.3) is 11.1 Å². The fourth-order valence-corrected chi connectivity index (χ4v) is 4.10. The van der Waals surface area contributed by atoms with Gasteiger partial charge in [0.25, 0.3) is 11.8 Å². The maximum atomic E-state index is 13.0. The third-order valence-electron chi connectivity index (χ3n) is 5.70. The average Bonchev–Trinajstić information content (AvgIpc) is 3.42. The van der Waals surface area contributed by atoms with Crippen molar-refractivity contribution >= 4 is 34.9 Å². The van der Waals surface area contributed by atoms with Crippen LogP contribution in [0.15, 0.2) is 40.8 Å². The van der Waals surface area contributed by atoms with E-state index in [1.807, 2.05) is 19.1 Å². The second-order valence-corrected chi connectivity index (χ2v) is 7.82. The van der Waals surface area contributed by atoms with E-state index in [1.54, 1.807) is 6.07 Å². The summed E-state index contributed by atoms with van der Waals surface area (Å²) in [5.41, 5.74) is 1.41. The normalized spacial score (nSPS) is 19.8. The molecule has 1 fully saturated rings. The SMILES string of the molecule is COC(=O)c1ccc2oc([C@]3(CN4Cc5ccc(C)cc5C4=O)NC(=O)NC3=O)cc2n1. The molecule has 2 aliphatic heterocycles. The topological polar surface area (TPSA) is 131 Å². The Kier molecular flexibility index (Phi) is 4.26. The van der Waals surface area contributed by atoms with Gasteiger partial charge in [-0.15, -0.1) is 0 Å². The van der Waals surface area contributed by atoms with Gasteiger partial charge in [-0.3, -0.25) is 14.9 Å². The molecule has 2 aromatic heterocycles. The maximum absolute atomic E-state index is 13.0. The number of furan rings is 1. The predicted molar refractivity (Wildman–Crippen MR) is 110 cm³/mol. The number of hydrogen-bond donors (Lipinski definition) is 2. The Labute approximate surface area is 181 Å². The highest BCUT2D eigenvalue weighted by Gasteiger charge is 2.53. The van der Waals surface area contributed by atoms with Crippen LogP contribution in [0.3, 0.4) is 0 Å². The van der Waals surface area contributed by atoms with Crippen LogP contribution in [-0.4, -0.2) is 47.4 Å². The lowest BCUT2D eigenvalue weighted by Gasteiger charge is -2.28. The minimum atomic E-state index is -1.64. The minimum absolute atomic E-state index is 0.0712. The van der Waals surface area contributed by atoms with E-state index in [4.69, 9.17) is 4.42 Å².